The van der Waals surface area contributed by atoms with Crippen molar-refractivity contribution < 1.29 is 19.8 Å². The van der Waals surface area contributed by atoms with E-state index in [-0.39, 0.29) is 13.0 Å². The monoisotopic (exact) mass is 280 g/mol. The standard InChI is InChI=1S/C14H20N2O4/c1-14(2,20)9-16(3)13(19)15-11-7-5-4-6-10(11)8-12(17)18/h4-7,20H,8-9H2,1-3H3,(H,15,19)(H,17,18). The molecule has 0 aliphatic carbocycles. The molecule has 3 N–H and O–H groups in total. The van der Waals surface area contributed by atoms with Gasteiger partial charge in [0.1, 0.15) is 0 Å². The second-order valence-electron chi connectivity index (χ2n) is 5.33. The number of carboxylic acids is 1. The molecular formula is C14H20N2O4. The van der Waals surface area contributed by atoms with E-state index in [1.54, 1.807) is 45.2 Å². The van der Waals surface area contributed by atoms with Crippen LogP contribution in [0, 0.1) is 0 Å². The third kappa shape index (κ3) is 5.27. The van der Waals surface area contributed by atoms with Gasteiger partial charge in [0.15, 0.2) is 0 Å². The van der Waals surface area contributed by atoms with Crippen LogP contribution in [-0.2, 0) is 11.2 Å². The van der Waals surface area contributed by atoms with Gasteiger partial charge in [-0.05, 0) is 25.5 Å². The van der Waals surface area contributed by atoms with Crippen molar-refractivity contribution in [3.8, 4) is 0 Å². The molecule has 6 nitrogen and oxygen atoms in total. The van der Waals surface area contributed by atoms with Crippen molar-refractivity contribution in [2.24, 2.45) is 0 Å². The highest BCUT2D eigenvalue weighted by molar-refractivity contribution is 5.90. The van der Waals surface area contributed by atoms with E-state index in [0.29, 0.717) is 11.3 Å². The normalized spacial score (nSPS) is 11.0. The summed E-state index contributed by atoms with van der Waals surface area (Å²) < 4.78 is 0. The quantitative estimate of drug-likeness (QED) is 0.763. The van der Waals surface area contributed by atoms with E-state index in [2.05, 4.69) is 5.32 Å². The molecule has 2 amide bonds. The molecule has 1 aromatic carbocycles. The third-order valence-corrected chi connectivity index (χ3v) is 2.57. The number of carboxylic acid groups (broad SMARTS) is 1. The number of hydrogen-bond acceptors (Lipinski definition) is 3. The molecular weight excluding hydrogens is 260 g/mol. The van der Waals surface area contributed by atoms with E-state index < -0.39 is 17.6 Å². The van der Waals surface area contributed by atoms with Gasteiger partial charge in [0.05, 0.1) is 18.6 Å². The lowest BCUT2D eigenvalue weighted by atomic mass is 10.1. The number of hydrogen-bond donors (Lipinski definition) is 3. The lowest BCUT2D eigenvalue weighted by molar-refractivity contribution is -0.136. The first-order valence-electron chi connectivity index (χ1n) is 6.23. The number of anilines is 1. The fraction of sp³-hybridized carbons (Fsp3) is 0.429. The van der Waals surface area contributed by atoms with Crippen LogP contribution in [0.15, 0.2) is 24.3 Å². The molecule has 0 heterocycles. The SMILES string of the molecule is CN(CC(C)(C)O)C(=O)Nc1ccccc1CC(=O)O. The number of aliphatic carboxylic acids is 1. The summed E-state index contributed by atoms with van der Waals surface area (Å²) in [5.74, 6) is -0.962. The molecule has 0 saturated carbocycles. The lowest BCUT2D eigenvalue weighted by Crippen LogP contribution is -2.41. The number of amides is 2. The van der Waals surface area contributed by atoms with Gasteiger partial charge >= 0.3 is 12.0 Å². The molecule has 20 heavy (non-hydrogen) atoms. The lowest BCUT2D eigenvalue weighted by Gasteiger charge is -2.26. The van der Waals surface area contributed by atoms with Crippen LogP contribution >= 0.6 is 0 Å². The van der Waals surface area contributed by atoms with Crippen molar-refractivity contribution in [3.05, 3.63) is 29.8 Å². The molecule has 0 bridgehead atoms. The summed E-state index contributed by atoms with van der Waals surface area (Å²) in [6.07, 6.45) is -0.161. The van der Waals surface area contributed by atoms with Crippen molar-refractivity contribution >= 4 is 17.7 Å². The van der Waals surface area contributed by atoms with Gasteiger partial charge in [0.25, 0.3) is 0 Å². The van der Waals surface area contributed by atoms with Crippen molar-refractivity contribution in [2.75, 3.05) is 18.9 Å². The second kappa shape index (κ2) is 6.38. The number of urea groups is 1. The molecule has 0 aromatic heterocycles. The number of aliphatic hydroxyl groups is 1. The van der Waals surface area contributed by atoms with Crippen LogP contribution in [0.4, 0.5) is 10.5 Å². The Balaban J connectivity index is 2.78. The summed E-state index contributed by atoms with van der Waals surface area (Å²) in [6.45, 7) is 3.38. The fourth-order valence-electron chi connectivity index (χ4n) is 1.82. The number of nitrogens with zero attached hydrogens (tertiary/aromatic N) is 1. The Bertz CT molecular complexity index is 494. The van der Waals surface area contributed by atoms with Gasteiger partial charge in [0.2, 0.25) is 0 Å². The van der Waals surface area contributed by atoms with Gasteiger partial charge in [-0.15, -0.1) is 0 Å². The van der Waals surface area contributed by atoms with E-state index in [4.69, 9.17) is 5.11 Å². The topological polar surface area (TPSA) is 89.9 Å². The zero-order valence-electron chi connectivity index (χ0n) is 11.9. The van der Waals surface area contributed by atoms with Crippen LogP contribution < -0.4 is 5.32 Å². The molecule has 0 aliphatic heterocycles. The summed E-state index contributed by atoms with van der Waals surface area (Å²) in [6, 6.07) is 6.34. The zero-order valence-corrected chi connectivity index (χ0v) is 11.9. The Labute approximate surface area is 118 Å². The van der Waals surface area contributed by atoms with Gasteiger partial charge < -0.3 is 20.4 Å². The number of nitrogens with one attached hydrogen (secondary N) is 1. The Hall–Kier alpha value is -2.08. The fourth-order valence-corrected chi connectivity index (χ4v) is 1.82. The molecule has 6 heteroatoms. The van der Waals surface area contributed by atoms with Crippen molar-refractivity contribution in [2.45, 2.75) is 25.9 Å². The molecule has 0 spiro atoms. The van der Waals surface area contributed by atoms with E-state index in [9.17, 15) is 14.7 Å². The second-order valence-corrected chi connectivity index (χ2v) is 5.33. The van der Waals surface area contributed by atoms with Crippen LogP contribution in [0.25, 0.3) is 0 Å². The first kappa shape index (κ1) is 16.0. The number of benzene rings is 1. The van der Waals surface area contributed by atoms with E-state index in [0.717, 1.165) is 0 Å². The highest BCUT2D eigenvalue weighted by Crippen LogP contribution is 2.16. The minimum absolute atomic E-state index is 0.161. The summed E-state index contributed by atoms with van der Waals surface area (Å²) >= 11 is 0. The van der Waals surface area contributed by atoms with Gasteiger partial charge in [-0.25, -0.2) is 4.79 Å². The summed E-state index contributed by atoms with van der Waals surface area (Å²) in [5, 5.41) is 21.2. The Morgan fingerprint density at radius 3 is 2.45 bits per heavy atom. The van der Waals surface area contributed by atoms with Crippen LogP contribution in [0.5, 0.6) is 0 Å². The van der Waals surface area contributed by atoms with E-state index in [1.807, 2.05) is 0 Å². The Kier molecular flexibility index (Phi) is 5.10. The zero-order chi connectivity index (χ0) is 15.3. The van der Waals surface area contributed by atoms with Gasteiger partial charge in [-0.3, -0.25) is 4.79 Å². The highest BCUT2D eigenvalue weighted by atomic mass is 16.4. The first-order valence-corrected chi connectivity index (χ1v) is 6.23. The number of carbonyl (C=O) groups excluding carboxylic acids is 1. The van der Waals surface area contributed by atoms with E-state index >= 15 is 0 Å². The van der Waals surface area contributed by atoms with Gasteiger partial charge in [-0.1, -0.05) is 18.2 Å². The Morgan fingerprint density at radius 2 is 1.90 bits per heavy atom. The van der Waals surface area contributed by atoms with Gasteiger partial charge in [-0.2, -0.15) is 0 Å². The number of carbonyl (C=O) groups is 2. The predicted molar refractivity (Wildman–Crippen MR) is 75.7 cm³/mol. The van der Waals surface area contributed by atoms with Crippen LogP contribution in [0.3, 0.4) is 0 Å². The van der Waals surface area contributed by atoms with Crippen molar-refractivity contribution in [1.29, 1.82) is 0 Å². The summed E-state index contributed by atoms with van der Waals surface area (Å²) in [4.78, 5) is 24.1. The first-order chi connectivity index (χ1) is 9.19. The van der Waals surface area contributed by atoms with Crippen LogP contribution in [-0.4, -0.2) is 46.3 Å². The molecule has 0 saturated heterocycles. The molecule has 0 aliphatic rings. The maximum absolute atomic E-state index is 12.0. The molecule has 110 valence electrons. The Morgan fingerprint density at radius 1 is 1.30 bits per heavy atom. The molecule has 0 atom stereocenters. The number of para-hydroxylation sites is 1. The van der Waals surface area contributed by atoms with Crippen molar-refractivity contribution in [3.63, 3.8) is 0 Å². The average molecular weight is 280 g/mol. The van der Waals surface area contributed by atoms with Crippen LogP contribution in [0.2, 0.25) is 0 Å². The number of rotatable bonds is 5. The predicted octanol–water partition coefficient (Wildman–Crippen LogP) is 1.55. The minimum Gasteiger partial charge on any atom is -0.481 e. The van der Waals surface area contributed by atoms with Gasteiger partial charge in [0, 0.05) is 12.7 Å². The van der Waals surface area contributed by atoms with E-state index in [1.165, 1.54) is 4.90 Å². The van der Waals surface area contributed by atoms with Crippen molar-refractivity contribution in [1.82, 2.24) is 4.90 Å². The molecule has 1 aromatic rings. The smallest absolute Gasteiger partial charge is 0.321 e. The largest absolute Gasteiger partial charge is 0.481 e. The highest BCUT2D eigenvalue weighted by Gasteiger charge is 2.20. The maximum Gasteiger partial charge on any atom is 0.321 e. The summed E-state index contributed by atoms with van der Waals surface area (Å²) in [5.41, 5.74) is -0.000321. The molecule has 0 radical (unpaired) electrons. The maximum atomic E-state index is 12.0. The third-order valence-electron chi connectivity index (χ3n) is 2.57. The number of likely N-dealkylation sites (N-methyl/N-ethyl adjacent to an activating group) is 1. The average Bonchev–Trinajstić information content (AvgIpc) is 2.28. The molecule has 0 unspecified atom stereocenters. The van der Waals surface area contributed by atoms with Crippen LogP contribution in [0.1, 0.15) is 19.4 Å². The summed E-state index contributed by atoms with van der Waals surface area (Å²) in [7, 11) is 1.56. The molecule has 1 rings (SSSR count). The molecule has 0 fully saturated rings. The minimum atomic E-state index is -0.993.